The summed E-state index contributed by atoms with van der Waals surface area (Å²) in [6.45, 7) is 2.50. The van der Waals surface area contributed by atoms with Gasteiger partial charge in [0.1, 0.15) is 24.2 Å². The maximum atomic E-state index is 13.2. The molecule has 6 nitrogen and oxygen atoms in total. The van der Waals surface area contributed by atoms with E-state index in [0.29, 0.717) is 12.4 Å². The molecule has 1 atom stereocenters. The highest BCUT2D eigenvalue weighted by molar-refractivity contribution is 7.89. The van der Waals surface area contributed by atoms with Crippen molar-refractivity contribution in [1.29, 1.82) is 0 Å². The molecule has 0 saturated heterocycles. The van der Waals surface area contributed by atoms with Crippen LogP contribution in [0.5, 0.6) is 11.5 Å². The maximum absolute atomic E-state index is 13.2. The van der Waals surface area contributed by atoms with Gasteiger partial charge in [-0.1, -0.05) is 48.5 Å². The Morgan fingerprint density at radius 2 is 1.39 bits per heavy atom. The van der Waals surface area contributed by atoms with E-state index in [2.05, 4.69) is 0 Å². The zero-order chi connectivity index (χ0) is 22.1. The van der Waals surface area contributed by atoms with E-state index in [9.17, 15) is 13.5 Å². The second-order valence-electron chi connectivity index (χ2n) is 6.97. The third kappa shape index (κ3) is 6.55. The summed E-state index contributed by atoms with van der Waals surface area (Å²) in [7, 11) is -3.79. The van der Waals surface area contributed by atoms with Gasteiger partial charge in [-0.15, -0.1) is 0 Å². The van der Waals surface area contributed by atoms with E-state index in [1.807, 2.05) is 37.3 Å². The summed E-state index contributed by atoms with van der Waals surface area (Å²) in [5.41, 5.74) is 0.835. The Labute approximate surface area is 183 Å². The normalized spacial score (nSPS) is 12.5. The lowest BCUT2D eigenvalue weighted by Gasteiger charge is -2.25. The van der Waals surface area contributed by atoms with Gasteiger partial charge in [0.15, 0.2) is 0 Å². The molecule has 0 aromatic heterocycles. The van der Waals surface area contributed by atoms with Gasteiger partial charge in [-0.05, 0) is 48.9 Å². The van der Waals surface area contributed by atoms with E-state index >= 15 is 0 Å². The number of rotatable bonds is 11. The average Bonchev–Trinajstić information content (AvgIpc) is 2.80. The van der Waals surface area contributed by atoms with E-state index in [-0.39, 0.29) is 24.6 Å². The van der Waals surface area contributed by atoms with Gasteiger partial charge in [-0.3, -0.25) is 0 Å². The van der Waals surface area contributed by atoms with E-state index in [1.54, 1.807) is 54.6 Å². The molecule has 3 rings (SSSR count). The molecule has 7 heteroatoms. The minimum atomic E-state index is -3.79. The first-order valence-electron chi connectivity index (χ1n) is 10.1. The fourth-order valence-corrected chi connectivity index (χ4v) is 4.54. The molecule has 0 spiro atoms. The lowest BCUT2D eigenvalue weighted by Crippen LogP contribution is -2.39. The van der Waals surface area contributed by atoms with Gasteiger partial charge < -0.3 is 14.6 Å². The van der Waals surface area contributed by atoms with Crippen LogP contribution in [0.3, 0.4) is 0 Å². The van der Waals surface area contributed by atoms with Gasteiger partial charge in [-0.2, -0.15) is 4.31 Å². The molecule has 164 valence electrons. The Morgan fingerprint density at radius 3 is 1.97 bits per heavy atom. The molecular weight excluding hydrogens is 414 g/mol. The number of ether oxygens (including phenoxy) is 2. The Kier molecular flexibility index (Phi) is 8.06. The Morgan fingerprint density at radius 1 is 0.839 bits per heavy atom. The summed E-state index contributed by atoms with van der Waals surface area (Å²) < 4.78 is 38.7. The fraction of sp³-hybridized carbons (Fsp3) is 0.250. The molecule has 0 heterocycles. The summed E-state index contributed by atoms with van der Waals surface area (Å²) in [6.07, 6.45) is -1.01. The number of aliphatic hydroxyl groups excluding tert-OH is 1. The first-order chi connectivity index (χ1) is 15.0. The van der Waals surface area contributed by atoms with E-state index in [0.717, 1.165) is 11.3 Å². The number of hydrogen-bond donors (Lipinski definition) is 1. The highest BCUT2D eigenvalue weighted by Crippen LogP contribution is 2.20. The van der Waals surface area contributed by atoms with Crippen molar-refractivity contribution in [3.05, 3.63) is 90.5 Å². The minimum absolute atomic E-state index is 0.0381. The number of benzene rings is 3. The monoisotopic (exact) mass is 441 g/mol. The smallest absolute Gasteiger partial charge is 0.243 e. The molecule has 3 aromatic rings. The van der Waals surface area contributed by atoms with Crippen molar-refractivity contribution in [3.63, 3.8) is 0 Å². The summed E-state index contributed by atoms with van der Waals surface area (Å²) in [5, 5.41) is 10.6. The van der Waals surface area contributed by atoms with Crippen LogP contribution in [0.1, 0.15) is 12.5 Å². The predicted molar refractivity (Wildman–Crippen MR) is 120 cm³/mol. The summed E-state index contributed by atoms with van der Waals surface area (Å²) in [4.78, 5) is 0.186. The molecule has 31 heavy (non-hydrogen) atoms. The minimum Gasteiger partial charge on any atom is -0.494 e. The summed E-state index contributed by atoms with van der Waals surface area (Å²) in [6, 6.07) is 24.6. The van der Waals surface area contributed by atoms with Gasteiger partial charge in [-0.25, -0.2) is 8.42 Å². The van der Waals surface area contributed by atoms with Crippen molar-refractivity contribution >= 4 is 10.0 Å². The third-order valence-electron chi connectivity index (χ3n) is 4.57. The Balaban J connectivity index is 1.70. The molecule has 0 aliphatic heterocycles. The van der Waals surface area contributed by atoms with Crippen LogP contribution >= 0.6 is 0 Å². The number of nitrogens with zero attached hydrogens (tertiary/aromatic N) is 1. The van der Waals surface area contributed by atoms with Gasteiger partial charge in [0.05, 0.1) is 11.5 Å². The van der Waals surface area contributed by atoms with Crippen molar-refractivity contribution in [1.82, 2.24) is 4.31 Å². The molecular formula is C24H27NO5S. The molecule has 1 N–H and O–H groups in total. The largest absolute Gasteiger partial charge is 0.494 e. The van der Waals surface area contributed by atoms with Gasteiger partial charge in [0.25, 0.3) is 0 Å². The van der Waals surface area contributed by atoms with Crippen LogP contribution in [0.15, 0.2) is 89.8 Å². The van der Waals surface area contributed by atoms with Crippen molar-refractivity contribution < 1.29 is 23.0 Å². The molecule has 0 bridgehead atoms. The van der Waals surface area contributed by atoms with Crippen LogP contribution in [0.4, 0.5) is 0 Å². The molecule has 3 aromatic carbocycles. The first kappa shape index (κ1) is 22.8. The molecule has 0 aliphatic rings. The van der Waals surface area contributed by atoms with Crippen LogP contribution in [0, 0.1) is 0 Å². The second kappa shape index (κ2) is 10.9. The van der Waals surface area contributed by atoms with Gasteiger partial charge in [0, 0.05) is 13.1 Å². The highest BCUT2D eigenvalue weighted by atomic mass is 32.2. The summed E-state index contributed by atoms with van der Waals surface area (Å²) in [5.74, 6) is 1.31. The molecule has 1 unspecified atom stereocenters. The van der Waals surface area contributed by atoms with E-state index < -0.39 is 16.1 Å². The van der Waals surface area contributed by atoms with Crippen molar-refractivity contribution in [2.75, 3.05) is 19.8 Å². The van der Waals surface area contributed by atoms with Crippen LogP contribution in [0.2, 0.25) is 0 Å². The molecule has 0 aliphatic carbocycles. The van der Waals surface area contributed by atoms with Crippen LogP contribution < -0.4 is 9.47 Å². The van der Waals surface area contributed by atoms with Crippen LogP contribution in [0.25, 0.3) is 0 Å². The van der Waals surface area contributed by atoms with E-state index in [4.69, 9.17) is 9.47 Å². The quantitative estimate of drug-likeness (QED) is 0.491. The van der Waals surface area contributed by atoms with Gasteiger partial charge in [0.2, 0.25) is 10.0 Å². The molecule has 0 saturated carbocycles. The van der Waals surface area contributed by atoms with Crippen LogP contribution in [-0.4, -0.2) is 43.7 Å². The fourth-order valence-electron chi connectivity index (χ4n) is 3.06. The van der Waals surface area contributed by atoms with Gasteiger partial charge >= 0.3 is 0 Å². The summed E-state index contributed by atoms with van der Waals surface area (Å²) >= 11 is 0. The van der Waals surface area contributed by atoms with E-state index in [1.165, 1.54) is 4.31 Å². The van der Waals surface area contributed by atoms with Crippen molar-refractivity contribution in [2.45, 2.75) is 24.5 Å². The SMILES string of the molecule is CCOc1ccc(OCC(O)CN(Cc2ccccc2)S(=O)(=O)c2ccccc2)cc1. The average molecular weight is 442 g/mol. The zero-order valence-corrected chi connectivity index (χ0v) is 18.2. The number of hydrogen-bond acceptors (Lipinski definition) is 5. The first-order valence-corrected chi connectivity index (χ1v) is 11.6. The highest BCUT2D eigenvalue weighted by Gasteiger charge is 2.27. The van der Waals surface area contributed by atoms with Crippen molar-refractivity contribution in [2.24, 2.45) is 0 Å². The third-order valence-corrected chi connectivity index (χ3v) is 6.40. The standard InChI is InChI=1S/C24H27NO5S/c1-2-29-22-13-15-23(16-14-22)30-19-21(26)18-25(17-20-9-5-3-6-10-20)31(27,28)24-11-7-4-8-12-24/h3-16,21,26H,2,17-19H2,1H3. The second-order valence-corrected chi connectivity index (χ2v) is 8.90. The topological polar surface area (TPSA) is 76.1 Å². The number of sulfonamides is 1. The lowest BCUT2D eigenvalue weighted by atomic mass is 10.2. The van der Waals surface area contributed by atoms with Crippen molar-refractivity contribution in [3.8, 4) is 11.5 Å². The predicted octanol–water partition coefficient (Wildman–Crippen LogP) is 3.72. The Hall–Kier alpha value is -2.87. The maximum Gasteiger partial charge on any atom is 0.243 e. The molecule has 0 amide bonds. The number of aliphatic hydroxyl groups is 1. The molecule has 0 radical (unpaired) electrons. The van der Waals surface area contributed by atoms with Crippen LogP contribution in [-0.2, 0) is 16.6 Å². The lowest BCUT2D eigenvalue weighted by molar-refractivity contribution is 0.0880. The zero-order valence-electron chi connectivity index (χ0n) is 17.4. The molecule has 0 fully saturated rings. The Bertz CT molecular complexity index is 1020.